The molecule has 1 amide bonds. The number of amides is 1. The molecule has 25 heavy (non-hydrogen) atoms. The van der Waals surface area contributed by atoms with Gasteiger partial charge < -0.3 is 20.7 Å². The van der Waals surface area contributed by atoms with E-state index in [9.17, 15) is 4.79 Å². The van der Waals surface area contributed by atoms with Gasteiger partial charge in [0.25, 0.3) is 0 Å². The average molecular weight is 418 g/mol. The first kappa shape index (κ1) is 16.4. The van der Waals surface area contributed by atoms with E-state index in [-0.39, 0.29) is 11.9 Å². The van der Waals surface area contributed by atoms with E-state index in [4.69, 9.17) is 17.0 Å². The number of thiocarbonyl (C=S) groups is 1. The summed E-state index contributed by atoms with van der Waals surface area (Å²) in [6, 6.07) is 14.9. The van der Waals surface area contributed by atoms with Crippen LogP contribution < -0.4 is 20.7 Å². The van der Waals surface area contributed by atoms with Crippen molar-refractivity contribution in [3.63, 3.8) is 0 Å². The van der Waals surface area contributed by atoms with Crippen LogP contribution in [0, 0.1) is 5.92 Å². The number of carbonyl (C=O) groups excluding carboxylic acids is 1. The van der Waals surface area contributed by atoms with Crippen LogP contribution in [0.5, 0.6) is 5.75 Å². The molecule has 1 fully saturated rings. The summed E-state index contributed by atoms with van der Waals surface area (Å²) in [5.74, 6) is 0.106. The van der Waals surface area contributed by atoms with Gasteiger partial charge in [-0.05, 0) is 49.5 Å². The molecule has 1 saturated heterocycles. The van der Waals surface area contributed by atoms with Crippen LogP contribution in [0.25, 0.3) is 0 Å². The van der Waals surface area contributed by atoms with Crippen molar-refractivity contribution in [2.45, 2.75) is 18.7 Å². The number of nitrogens with one attached hydrogen (secondary N) is 3. The van der Waals surface area contributed by atoms with E-state index in [0.717, 1.165) is 21.5 Å². The Morgan fingerprint density at radius 1 is 1.28 bits per heavy atom. The van der Waals surface area contributed by atoms with Gasteiger partial charge in [-0.25, -0.2) is 0 Å². The van der Waals surface area contributed by atoms with Crippen molar-refractivity contribution < 1.29 is 9.53 Å². The molecule has 2 heterocycles. The van der Waals surface area contributed by atoms with Crippen LogP contribution in [0.15, 0.2) is 53.0 Å². The summed E-state index contributed by atoms with van der Waals surface area (Å²) >= 11 is 8.80. The van der Waals surface area contributed by atoms with Crippen LogP contribution >= 0.6 is 28.1 Å². The molecule has 4 rings (SSSR count). The SMILES string of the molecule is C[C@@]12NC(=S)N[C@H](c3cc(Br)ccc3O1)[C@@H]2C(=O)Nc1ccccc1. The zero-order chi connectivity index (χ0) is 17.6. The molecular formula is C18H16BrN3O2S. The Balaban J connectivity index is 1.74. The lowest BCUT2D eigenvalue weighted by Gasteiger charge is -2.50. The highest BCUT2D eigenvalue weighted by Gasteiger charge is 2.54. The number of benzene rings is 2. The molecule has 7 heteroatoms. The fourth-order valence-corrected chi connectivity index (χ4v) is 4.16. The van der Waals surface area contributed by atoms with Crippen LogP contribution in [0.1, 0.15) is 18.5 Å². The molecule has 5 nitrogen and oxygen atoms in total. The normalized spacial score (nSPS) is 26.6. The van der Waals surface area contributed by atoms with Crippen molar-refractivity contribution in [2.75, 3.05) is 5.32 Å². The van der Waals surface area contributed by atoms with E-state index in [1.165, 1.54) is 0 Å². The summed E-state index contributed by atoms with van der Waals surface area (Å²) in [5.41, 5.74) is 0.730. The van der Waals surface area contributed by atoms with Gasteiger partial charge in [0.05, 0.1) is 6.04 Å². The minimum absolute atomic E-state index is 0.133. The van der Waals surface area contributed by atoms with Crippen molar-refractivity contribution >= 4 is 44.9 Å². The maximum absolute atomic E-state index is 13.1. The topological polar surface area (TPSA) is 62.4 Å². The molecule has 0 aromatic heterocycles. The van der Waals surface area contributed by atoms with E-state index >= 15 is 0 Å². The van der Waals surface area contributed by atoms with E-state index in [0.29, 0.717) is 5.11 Å². The number of rotatable bonds is 2. The lowest BCUT2D eigenvalue weighted by atomic mass is 9.80. The Hall–Kier alpha value is -2.12. The summed E-state index contributed by atoms with van der Waals surface area (Å²) < 4.78 is 7.09. The Morgan fingerprint density at radius 3 is 2.80 bits per heavy atom. The molecule has 3 atom stereocenters. The Labute approximate surface area is 159 Å². The summed E-state index contributed by atoms with van der Waals surface area (Å²) in [6.45, 7) is 1.85. The second-order valence-electron chi connectivity index (χ2n) is 6.30. The maximum atomic E-state index is 13.1. The van der Waals surface area contributed by atoms with Crippen molar-refractivity contribution in [2.24, 2.45) is 5.92 Å². The number of anilines is 1. The number of fused-ring (bicyclic) bond motifs is 4. The van der Waals surface area contributed by atoms with Crippen LogP contribution in [-0.2, 0) is 4.79 Å². The van der Waals surface area contributed by atoms with Gasteiger partial charge in [0.2, 0.25) is 5.91 Å². The highest BCUT2D eigenvalue weighted by molar-refractivity contribution is 9.10. The van der Waals surface area contributed by atoms with Gasteiger partial charge in [0.15, 0.2) is 10.8 Å². The zero-order valence-electron chi connectivity index (χ0n) is 13.4. The molecule has 0 unspecified atom stereocenters. The number of para-hydroxylation sites is 1. The van der Waals surface area contributed by atoms with Crippen molar-refractivity contribution in [1.29, 1.82) is 0 Å². The molecule has 0 spiro atoms. The van der Waals surface area contributed by atoms with Gasteiger partial charge in [-0.15, -0.1) is 0 Å². The second kappa shape index (κ2) is 6.00. The van der Waals surface area contributed by atoms with Crippen LogP contribution in [0.3, 0.4) is 0 Å². The maximum Gasteiger partial charge on any atom is 0.236 e. The Morgan fingerprint density at radius 2 is 2.04 bits per heavy atom. The molecule has 0 saturated carbocycles. The van der Waals surface area contributed by atoms with Gasteiger partial charge in [-0.1, -0.05) is 34.1 Å². The van der Waals surface area contributed by atoms with Crippen LogP contribution in [-0.4, -0.2) is 16.7 Å². The van der Waals surface area contributed by atoms with Crippen molar-refractivity contribution in [3.05, 3.63) is 58.6 Å². The zero-order valence-corrected chi connectivity index (χ0v) is 15.8. The molecule has 0 aliphatic carbocycles. The lowest BCUT2D eigenvalue weighted by molar-refractivity contribution is -0.132. The Bertz CT molecular complexity index is 861. The summed E-state index contributed by atoms with van der Waals surface area (Å²) in [6.07, 6.45) is 0. The summed E-state index contributed by atoms with van der Waals surface area (Å²) in [7, 11) is 0. The number of hydrogen-bond donors (Lipinski definition) is 3. The Kier molecular flexibility index (Phi) is 3.92. The second-order valence-corrected chi connectivity index (χ2v) is 7.62. The van der Waals surface area contributed by atoms with E-state index in [2.05, 4.69) is 31.9 Å². The van der Waals surface area contributed by atoms with Crippen LogP contribution in [0.2, 0.25) is 0 Å². The van der Waals surface area contributed by atoms with Crippen molar-refractivity contribution in [1.82, 2.24) is 10.6 Å². The quantitative estimate of drug-likeness (QED) is 0.654. The minimum Gasteiger partial charge on any atom is -0.467 e. The number of carbonyl (C=O) groups is 1. The molecule has 128 valence electrons. The highest BCUT2D eigenvalue weighted by Crippen LogP contribution is 2.45. The van der Waals surface area contributed by atoms with E-state index in [1.807, 2.05) is 55.5 Å². The third kappa shape index (κ3) is 2.87. The smallest absolute Gasteiger partial charge is 0.236 e. The number of halogens is 1. The summed E-state index contributed by atoms with van der Waals surface area (Å²) in [4.78, 5) is 13.1. The van der Waals surface area contributed by atoms with Gasteiger partial charge in [0, 0.05) is 15.7 Å². The van der Waals surface area contributed by atoms with Gasteiger partial charge in [-0.2, -0.15) is 0 Å². The molecule has 2 bridgehead atoms. The first-order valence-corrected chi connectivity index (χ1v) is 9.09. The first-order chi connectivity index (χ1) is 12.0. The monoisotopic (exact) mass is 417 g/mol. The average Bonchev–Trinajstić information content (AvgIpc) is 2.55. The van der Waals surface area contributed by atoms with Crippen molar-refractivity contribution in [3.8, 4) is 5.75 Å². The molecular weight excluding hydrogens is 402 g/mol. The minimum atomic E-state index is -0.924. The van der Waals surface area contributed by atoms with Gasteiger partial charge >= 0.3 is 0 Å². The van der Waals surface area contributed by atoms with Crippen LogP contribution in [0.4, 0.5) is 5.69 Å². The molecule has 2 aliphatic heterocycles. The van der Waals surface area contributed by atoms with Gasteiger partial charge in [0.1, 0.15) is 11.7 Å². The molecule has 3 N–H and O–H groups in total. The molecule has 0 radical (unpaired) electrons. The molecule has 2 aliphatic rings. The third-order valence-electron chi connectivity index (χ3n) is 4.53. The molecule has 2 aromatic carbocycles. The van der Waals surface area contributed by atoms with E-state index in [1.54, 1.807) is 0 Å². The summed E-state index contributed by atoms with van der Waals surface area (Å²) in [5, 5.41) is 9.80. The largest absolute Gasteiger partial charge is 0.467 e. The number of hydrogen-bond acceptors (Lipinski definition) is 3. The lowest BCUT2D eigenvalue weighted by Crippen LogP contribution is -2.70. The van der Waals surface area contributed by atoms with E-state index < -0.39 is 11.6 Å². The highest BCUT2D eigenvalue weighted by atomic mass is 79.9. The van der Waals surface area contributed by atoms with Gasteiger partial charge in [-0.3, -0.25) is 4.79 Å². The fourth-order valence-electron chi connectivity index (χ4n) is 3.45. The predicted octanol–water partition coefficient (Wildman–Crippen LogP) is 3.33. The molecule has 2 aromatic rings. The number of ether oxygens (including phenoxy) is 1. The first-order valence-electron chi connectivity index (χ1n) is 7.89. The standard InChI is InChI=1S/C18H16BrN3O2S/c1-18-14(16(23)20-11-5-3-2-4-6-11)15(21-17(25)22-18)12-9-10(19)7-8-13(12)24-18/h2-9,14-15H,1H3,(H,20,23)(H2,21,22,25)/t14-,15-,18-/m1/s1. The fraction of sp³-hybridized carbons (Fsp3) is 0.222. The third-order valence-corrected chi connectivity index (χ3v) is 5.24. The predicted molar refractivity (Wildman–Crippen MR) is 103 cm³/mol.